The van der Waals surface area contributed by atoms with Crippen LogP contribution in [0.25, 0.3) is 21.9 Å². The zero-order chi connectivity index (χ0) is 26.8. The van der Waals surface area contributed by atoms with E-state index >= 15 is 0 Å². The maximum Gasteiger partial charge on any atom is 0.209 e. The number of pyridine rings is 1. The molecule has 0 atom stereocenters. The van der Waals surface area contributed by atoms with Crippen LogP contribution in [0.2, 0.25) is 0 Å². The third kappa shape index (κ3) is 6.30. The molecule has 0 amide bonds. The van der Waals surface area contributed by atoms with Crippen LogP contribution in [0.5, 0.6) is 11.5 Å². The van der Waals surface area contributed by atoms with Crippen LogP contribution in [-0.2, 0) is 34.5 Å². The molecule has 0 radical (unpaired) electrons. The minimum Gasteiger partial charge on any atom is -0.497 e. The van der Waals surface area contributed by atoms with Gasteiger partial charge in [-0.25, -0.2) is 23.1 Å². The van der Waals surface area contributed by atoms with E-state index in [9.17, 15) is 8.42 Å². The predicted molar refractivity (Wildman–Crippen MR) is 144 cm³/mol. The van der Waals surface area contributed by atoms with Gasteiger partial charge in [0.15, 0.2) is 5.82 Å². The van der Waals surface area contributed by atoms with Gasteiger partial charge >= 0.3 is 0 Å². The second kappa shape index (κ2) is 10.5. The summed E-state index contributed by atoms with van der Waals surface area (Å²) in [6, 6.07) is 13.3. The van der Waals surface area contributed by atoms with E-state index in [0.29, 0.717) is 42.4 Å². The number of ether oxygens (including phenoxy) is 3. The van der Waals surface area contributed by atoms with Gasteiger partial charge in [-0.05, 0) is 50.6 Å². The number of anilines is 1. The van der Waals surface area contributed by atoms with E-state index in [0.717, 1.165) is 28.5 Å². The van der Waals surface area contributed by atoms with Crippen molar-refractivity contribution >= 4 is 37.8 Å². The number of hydrogen-bond acceptors (Lipinski definition) is 8. The number of imidazole rings is 1. The number of nitrogen functional groups attached to an aromatic ring is 1. The molecule has 0 aliphatic rings. The summed E-state index contributed by atoms with van der Waals surface area (Å²) in [5, 5.41) is 0.823. The molecule has 3 N–H and O–H groups in total. The molecule has 0 unspecified atom stereocenters. The first-order chi connectivity index (χ1) is 17.5. The minimum absolute atomic E-state index is 0.253. The molecule has 4 rings (SSSR count). The number of hydrogen-bond donors (Lipinski definition) is 2. The Bertz CT molecular complexity index is 1530. The molecule has 198 valence electrons. The first-order valence-corrected chi connectivity index (χ1v) is 13.8. The molecule has 2 aromatic heterocycles. The molecule has 0 fully saturated rings. The van der Waals surface area contributed by atoms with Gasteiger partial charge in [-0.3, -0.25) is 0 Å². The second-order valence-electron chi connectivity index (χ2n) is 9.52. The fourth-order valence-electron chi connectivity index (χ4n) is 4.36. The number of methoxy groups -OCH3 is 1. The van der Waals surface area contributed by atoms with Crippen molar-refractivity contribution in [1.82, 2.24) is 19.3 Å². The number of benzene rings is 2. The van der Waals surface area contributed by atoms with E-state index in [-0.39, 0.29) is 12.4 Å². The summed E-state index contributed by atoms with van der Waals surface area (Å²) < 4.78 is 45.6. The summed E-state index contributed by atoms with van der Waals surface area (Å²) in [6.07, 6.45) is 1.15. The quantitative estimate of drug-likeness (QED) is 0.302. The highest BCUT2D eigenvalue weighted by molar-refractivity contribution is 7.88. The van der Waals surface area contributed by atoms with E-state index in [1.54, 1.807) is 7.11 Å². The lowest BCUT2D eigenvalue weighted by Gasteiger charge is -2.27. The highest BCUT2D eigenvalue weighted by atomic mass is 32.2. The Kier molecular flexibility index (Phi) is 7.58. The molecular weight excluding hydrogens is 494 g/mol. The molecular formula is C26H33N5O5S. The average Bonchev–Trinajstić information content (AvgIpc) is 3.18. The van der Waals surface area contributed by atoms with Crippen molar-refractivity contribution in [2.75, 3.05) is 25.7 Å². The third-order valence-electron chi connectivity index (χ3n) is 5.74. The van der Waals surface area contributed by atoms with Crippen molar-refractivity contribution in [2.45, 2.75) is 46.1 Å². The van der Waals surface area contributed by atoms with E-state index in [4.69, 9.17) is 24.9 Å². The first-order valence-electron chi connectivity index (χ1n) is 11.9. The Hall–Kier alpha value is -3.41. The van der Waals surface area contributed by atoms with Crippen LogP contribution in [0.3, 0.4) is 0 Å². The van der Waals surface area contributed by atoms with Crippen molar-refractivity contribution in [1.29, 1.82) is 0 Å². The molecule has 0 saturated carbocycles. The maximum atomic E-state index is 12.0. The van der Waals surface area contributed by atoms with Gasteiger partial charge in [-0.15, -0.1) is 0 Å². The van der Waals surface area contributed by atoms with Crippen LogP contribution in [0.1, 0.15) is 32.2 Å². The Morgan fingerprint density at radius 2 is 1.86 bits per heavy atom. The Balaban J connectivity index is 1.76. The minimum atomic E-state index is -3.43. The molecule has 0 aliphatic heterocycles. The molecule has 0 saturated heterocycles. The third-order valence-corrected chi connectivity index (χ3v) is 6.67. The smallest absolute Gasteiger partial charge is 0.209 e. The van der Waals surface area contributed by atoms with Crippen LogP contribution in [0.15, 0.2) is 42.5 Å². The van der Waals surface area contributed by atoms with Crippen molar-refractivity contribution in [3.63, 3.8) is 0 Å². The lowest BCUT2D eigenvalue weighted by Crippen LogP contribution is -2.46. The van der Waals surface area contributed by atoms with Gasteiger partial charge in [-0.2, -0.15) is 0 Å². The van der Waals surface area contributed by atoms with E-state index < -0.39 is 15.6 Å². The highest BCUT2D eigenvalue weighted by Crippen LogP contribution is 2.32. The Morgan fingerprint density at radius 1 is 1.08 bits per heavy atom. The van der Waals surface area contributed by atoms with Crippen LogP contribution in [-0.4, -0.2) is 48.5 Å². The fraction of sp³-hybridized carbons (Fsp3) is 0.385. The van der Waals surface area contributed by atoms with E-state index in [2.05, 4.69) is 9.71 Å². The first kappa shape index (κ1) is 26.6. The topological polar surface area (TPSA) is 131 Å². The lowest BCUT2D eigenvalue weighted by atomic mass is 10.1. The normalized spacial score (nSPS) is 12.4. The molecule has 0 bridgehead atoms. The van der Waals surface area contributed by atoms with Gasteiger partial charge in [0.05, 0.1) is 24.4 Å². The molecule has 0 aliphatic carbocycles. The van der Waals surface area contributed by atoms with Crippen LogP contribution < -0.4 is 19.9 Å². The summed E-state index contributed by atoms with van der Waals surface area (Å²) in [5.74, 6) is 2.32. The maximum absolute atomic E-state index is 12.0. The summed E-state index contributed by atoms with van der Waals surface area (Å²) >= 11 is 0. The molecule has 4 aromatic rings. The summed E-state index contributed by atoms with van der Waals surface area (Å²) in [6.45, 7) is 6.98. The van der Waals surface area contributed by atoms with Crippen molar-refractivity contribution in [3.05, 3.63) is 53.9 Å². The number of fused-ring (bicyclic) bond motifs is 3. The van der Waals surface area contributed by atoms with Gasteiger partial charge in [0.1, 0.15) is 36.1 Å². The summed E-state index contributed by atoms with van der Waals surface area (Å²) in [7, 11) is -1.81. The highest BCUT2D eigenvalue weighted by Gasteiger charge is 2.27. The van der Waals surface area contributed by atoms with Gasteiger partial charge in [0.25, 0.3) is 0 Å². The van der Waals surface area contributed by atoms with Gasteiger partial charge < -0.3 is 24.5 Å². The number of rotatable bonds is 11. The molecule has 10 nitrogen and oxygen atoms in total. The largest absolute Gasteiger partial charge is 0.497 e. The van der Waals surface area contributed by atoms with E-state index in [1.807, 2.05) is 67.8 Å². The van der Waals surface area contributed by atoms with Crippen molar-refractivity contribution < 1.29 is 22.6 Å². The zero-order valence-corrected chi connectivity index (χ0v) is 22.6. The average molecular weight is 528 g/mol. The Morgan fingerprint density at radius 3 is 2.57 bits per heavy atom. The number of aromatic nitrogens is 3. The second-order valence-corrected chi connectivity index (χ2v) is 11.3. The SMILES string of the molecule is CCOCc1nc2c(N)nc3cc(OCc4cccc(OC)c4)ccc3c2n1CC(C)(C)NS(C)(=O)=O. The zero-order valence-electron chi connectivity index (χ0n) is 21.7. The fourth-order valence-corrected chi connectivity index (χ4v) is 5.43. The predicted octanol–water partition coefficient (Wildman–Crippen LogP) is 3.62. The summed E-state index contributed by atoms with van der Waals surface area (Å²) in [5.41, 5.74) is 8.48. The van der Waals surface area contributed by atoms with Gasteiger partial charge in [0.2, 0.25) is 10.0 Å². The van der Waals surface area contributed by atoms with Crippen molar-refractivity contribution in [2.24, 2.45) is 0 Å². The number of nitrogens with two attached hydrogens (primary N) is 1. The number of sulfonamides is 1. The molecule has 2 heterocycles. The molecule has 11 heteroatoms. The van der Waals surface area contributed by atoms with Crippen LogP contribution in [0, 0.1) is 0 Å². The molecule has 37 heavy (non-hydrogen) atoms. The van der Waals surface area contributed by atoms with Crippen LogP contribution >= 0.6 is 0 Å². The van der Waals surface area contributed by atoms with Crippen LogP contribution in [0.4, 0.5) is 5.82 Å². The van der Waals surface area contributed by atoms with E-state index in [1.165, 1.54) is 0 Å². The van der Waals surface area contributed by atoms with Crippen molar-refractivity contribution in [3.8, 4) is 11.5 Å². The number of nitrogens with zero attached hydrogens (tertiary/aromatic N) is 3. The standard InChI is InChI=1S/C26H33N5O5S/c1-6-35-15-22-29-23-24(31(22)16-26(2,3)30-37(5,32)33)20-11-10-19(13-21(20)28-25(23)27)36-14-17-8-7-9-18(12-17)34-4/h7-13,30H,6,14-16H2,1-5H3,(H2,27,28). The lowest BCUT2D eigenvalue weighted by molar-refractivity contribution is 0.125. The summed E-state index contributed by atoms with van der Waals surface area (Å²) in [4.78, 5) is 9.31. The Labute approximate surface area is 216 Å². The van der Waals surface area contributed by atoms with Gasteiger partial charge in [-0.1, -0.05) is 12.1 Å². The molecule has 2 aromatic carbocycles. The number of nitrogens with one attached hydrogen (secondary N) is 1. The monoisotopic (exact) mass is 527 g/mol. The molecule has 0 spiro atoms. The van der Waals surface area contributed by atoms with Gasteiger partial charge in [0, 0.05) is 30.1 Å².